The number of carbonyl (C=O) groups excluding carboxylic acids is 4. The van der Waals surface area contributed by atoms with Gasteiger partial charge in [-0.05, 0) is 67.6 Å². The first-order valence-corrected chi connectivity index (χ1v) is 16.4. The molecule has 44 heavy (non-hydrogen) atoms. The van der Waals surface area contributed by atoms with Gasteiger partial charge in [0.2, 0.25) is 10.0 Å². The van der Waals surface area contributed by atoms with Gasteiger partial charge in [0, 0.05) is 30.1 Å². The molecule has 0 spiro atoms. The molecule has 4 amide bonds. The quantitative estimate of drug-likeness (QED) is 0.391. The summed E-state index contributed by atoms with van der Waals surface area (Å²) in [5.74, 6) is -1.32. The summed E-state index contributed by atoms with van der Waals surface area (Å²) in [6, 6.07) is 13.3. The number of hydrogen-bond donors (Lipinski definition) is 2. The molecular formula is C30H32N4O8S2. The number of amides is 4. The van der Waals surface area contributed by atoms with Gasteiger partial charge in [-0.25, -0.2) is 18.0 Å². The molecule has 12 nitrogen and oxygen atoms in total. The van der Waals surface area contributed by atoms with Crippen molar-refractivity contribution in [1.29, 1.82) is 0 Å². The van der Waals surface area contributed by atoms with E-state index in [2.05, 4.69) is 10.6 Å². The molecule has 0 unspecified atom stereocenters. The minimum atomic E-state index is -3.79. The van der Waals surface area contributed by atoms with E-state index in [4.69, 9.17) is 9.47 Å². The lowest BCUT2D eigenvalue weighted by Gasteiger charge is -2.28. The Balaban J connectivity index is 1.36. The van der Waals surface area contributed by atoms with Gasteiger partial charge in [0.25, 0.3) is 11.8 Å². The summed E-state index contributed by atoms with van der Waals surface area (Å²) in [6.07, 6.45) is -0.490. The van der Waals surface area contributed by atoms with Crippen molar-refractivity contribution in [3.05, 3.63) is 81.2 Å². The summed E-state index contributed by atoms with van der Waals surface area (Å²) in [5, 5.41) is 5.12. The summed E-state index contributed by atoms with van der Waals surface area (Å²) < 4.78 is 38.1. The highest BCUT2D eigenvalue weighted by Gasteiger charge is 2.32. The number of fused-ring (bicyclic) bond motifs is 2. The third kappa shape index (κ3) is 6.47. The summed E-state index contributed by atoms with van der Waals surface area (Å²) >= 11 is 1.12. The monoisotopic (exact) mass is 640 g/mol. The molecular weight excluding hydrogens is 608 g/mol. The van der Waals surface area contributed by atoms with Gasteiger partial charge in [0.05, 0.1) is 30.2 Å². The second-order valence-corrected chi connectivity index (χ2v) is 13.1. The highest BCUT2D eigenvalue weighted by molar-refractivity contribution is 7.89. The molecule has 0 fully saturated rings. The van der Waals surface area contributed by atoms with E-state index in [-0.39, 0.29) is 53.9 Å². The van der Waals surface area contributed by atoms with Crippen molar-refractivity contribution in [3.8, 4) is 0 Å². The van der Waals surface area contributed by atoms with Crippen molar-refractivity contribution in [3.63, 3.8) is 0 Å². The van der Waals surface area contributed by atoms with Crippen LogP contribution in [0.5, 0.6) is 0 Å². The number of hydrogen-bond acceptors (Lipinski definition) is 9. The number of rotatable bonds is 7. The average molecular weight is 641 g/mol. The Hall–Kier alpha value is -4.27. The van der Waals surface area contributed by atoms with Crippen LogP contribution in [0.25, 0.3) is 0 Å². The Morgan fingerprint density at radius 3 is 2.27 bits per heavy atom. The fourth-order valence-electron chi connectivity index (χ4n) is 5.20. The van der Waals surface area contributed by atoms with Crippen LogP contribution in [-0.2, 0) is 45.4 Å². The Bertz CT molecular complexity index is 1700. The van der Waals surface area contributed by atoms with Gasteiger partial charge >= 0.3 is 12.2 Å². The van der Waals surface area contributed by atoms with E-state index in [0.29, 0.717) is 29.8 Å². The third-order valence-electron chi connectivity index (χ3n) is 7.38. The summed E-state index contributed by atoms with van der Waals surface area (Å²) in [7, 11) is -3.79. The normalized spacial score (nSPS) is 14.6. The van der Waals surface area contributed by atoms with Gasteiger partial charge in [-0.15, -0.1) is 11.3 Å². The number of nitrogens with one attached hydrogen (secondary N) is 2. The van der Waals surface area contributed by atoms with Crippen molar-refractivity contribution < 1.29 is 37.1 Å². The molecule has 3 heterocycles. The van der Waals surface area contributed by atoms with Gasteiger partial charge in [-0.2, -0.15) is 4.31 Å². The van der Waals surface area contributed by atoms with E-state index in [0.717, 1.165) is 22.5 Å². The molecule has 1 aromatic heterocycles. The number of alkyl carbamates (subject to hydrolysis) is 1. The first-order chi connectivity index (χ1) is 21.1. The molecule has 0 saturated heterocycles. The number of ether oxygens (including phenoxy) is 2. The minimum absolute atomic E-state index is 0.0635. The van der Waals surface area contributed by atoms with Crippen molar-refractivity contribution in [1.82, 2.24) is 14.5 Å². The average Bonchev–Trinajstić information content (AvgIpc) is 3.38. The van der Waals surface area contributed by atoms with Crippen LogP contribution in [0.3, 0.4) is 0 Å². The Morgan fingerprint density at radius 1 is 0.864 bits per heavy atom. The number of thiophene rings is 1. The lowest BCUT2D eigenvalue weighted by atomic mass is 10.0. The predicted molar refractivity (Wildman–Crippen MR) is 162 cm³/mol. The minimum Gasteiger partial charge on any atom is -0.450 e. The Labute approximate surface area is 259 Å². The van der Waals surface area contributed by atoms with Crippen molar-refractivity contribution in [2.24, 2.45) is 0 Å². The molecule has 14 heteroatoms. The van der Waals surface area contributed by atoms with Crippen molar-refractivity contribution >= 4 is 50.4 Å². The van der Waals surface area contributed by atoms with Gasteiger partial charge in [-0.3, -0.25) is 14.9 Å². The summed E-state index contributed by atoms with van der Waals surface area (Å²) in [6.45, 7) is 4.68. The first kappa shape index (κ1) is 31.2. The highest BCUT2D eigenvalue weighted by Crippen LogP contribution is 2.38. The standard InChI is InChI=1S/C30H32N4O8S2/c1-3-41-29(37)32-27(36)25-23-14-15-33(30(38)42-4-2)18-24(23)43-28(25)31-26(35)20-9-11-22(12-10-20)44(39,40)34-16-13-19-7-5-6-8-21(19)17-34/h5-12H,3-4,13-18H2,1-2H3,(H,31,35)(H,32,36,37). The lowest BCUT2D eigenvalue weighted by molar-refractivity contribution is 0.0924. The van der Waals surface area contributed by atoms with Crippen molar-refractivity contribution in [2.75, 3.05) is 31.6 Å². The summed E-state index contributed by atoms with van der Waals surface area (Å²) in [5.41, 5.74) is 2.98. The fourth-order valence-corrected chi connectivity index (χ4v) is 7.88. The number of benzene rings is 2. The van der Waals surface area contributed by atoms with E-state index in [9.17, 15) is 27.6 Å². The van der Waals surface area contributed by atoms with Crippen LogP contribution in [0.1, 0.15) is 56.1 Å². The number of carbonyl (C=O) groups is 4. The van der Waals surface area contributed by atoms with Gasteiger partial charge < -0.3 is 19.7 Å². The SMILES string of the molecule is CCOC(=O)NC(=O)c1c(NC(=O)c2ccc(S(=O)(=O)N3CCc4ccccc4C3)cc2)sc2c1CCN(C(=O)OCC)C2. The smallest absolute Gasteiger partial charge is 0.414 e. The van der Waals surface area contributed by atoms with E-state index >= 15 is 0 Å². The van der Waals surface area contributed by atoms with Crippen LogP contribution in [0.2, 0.25) is 0 Å². The topological polar surface area (TPSA) is 151 Å². The number of nitrogens with zero attached hydrogens (tertiary/aromatic N) is 2. The zero-order valence-electron chi connectivity index (χ0n) is 24.3. The van der Waals surface area contributed by atoms with E-state index in [1.165, 1.54) is 33.5 Å². The maximum atomic E-state index is 13.4. The molecule has 0 saturated carbocycles. The van der Waals surface area contributed by atoms with Crippen LogP contribution in [0.4, 0.5) is 14.6 Å². The first-order valence-electron chi connectivity index (χ1n) is 14.1. The molecule has 0 aliphatic carbocycles. The molecule has 2 aromatic carbocycles. The number of anilines is 1. The fraction of sp³-hybridized carbons (Fsp3) is 0.333. The van der Waals surface area contributed by atoms with E-state index < -0.39 is 34.0 Å². The number of sulfonamides is 1. The van der Waals surface area contributed by atoms with Crippen LogP contribution in [-0.4, -0.2) is 67.9 Å². The van der Waals surface area contributed by atoms with Crippen molar-refractivity contribution in [2.45, 2.75) is 44.7 Å². The molecule has 2 aliphatic rings. The molecule has 232 valence electrons. The zero-order chi connectivity index (χ0) is 31.4. The third-order valence-corrected chi connectivity index (χ3v) is 10.4. The van der Waals surface area contributed by atoms with Gasteiger partial charge in [0.15, 0.2) is 0 Å². The predicted octanol–water partition coefficient (Wildman–Crippen LogP) is 4.15. The molecule has 0 radical (unpaired) electrons. The second kappa shape index (κ2) is 13.2. The van der Waals surface area contributed by atoms with E-state index in [1.807, 2.05) is 24.3 Å². The molecule has 0 bridgehead atoms. The maximum Gasteiger partial charge on any atom is 0.414 e. The van der Waals surface area contributed by atoms with Crippen LogP contribution < -0.4 is 10.6 Å². The lowest BCUT2D eigenvalue weighted by Crippen LogP contribution is -2.37. The second-order valence-electron chi connectivity index (χ2n) is 10.1. The summed E-state index contributed by atoms with van der Waals surface area (Å²) in [4.78, 5) is 53.0. The highest BCUT2D eigenvalue weighted by atomic mass is 32.2. The largest absolute Gasteiger partial charge is 0.450 e. The van der Waals surface area contributed by atoms with Crippen LogP contribution in [0.15, 0.2) is 53.4 Å². The Kier molecular flexibility index (Phi) is 9.32. The zero-order valence-corrected chi connectivity index (χ0v) is 25.9. The molecule has 3 aromatic rings. The molecule has 2 aliphatic heterocycles. The maximum absolute atomic E-state index is 13.4. The molecule has 2 N–H and O–H groups in total. The molecule has 5 rings (SSSR count). The van der Waals surface area contributed by atoms with Crippen LogP contribution in [0, 0.1) is 0 Å². The number of imide groups is 1. The van der Waals surface area contributed by atoms with E-state index in [1.54, 1.807) is 13.8 Å². The van der Waals surface area contributed by atoms with Crippen LogP contribution >= 0.6 is 11.3 Å². The molecule has 0 atom stereocenters. The van der Waals surface area contributed by atoms with Gasteiger partial charge in [-0.1, -0.05) is 24.3 Å². The van der Waals surface area contributed by atoms with Gasteiger partial charge in [0.1, 0.15) is 5.00 Å². The Morgan fingerprint density at radius 2 is 1.57 bits per heavy atom.